The SMILES string of the molecule is COC(=O)c1ccc([I+]c2c(C)cc(C)cc2C)cc1. The maximum Gasteiger partial charge on any atom is 0.358 e. The van der Waals surface area contributed by atoms with E-state index in [0.29, 0.717) is 5.56 Å². The zero-order chi connectivity index (χ0) is 14.7. The van der Waals surface area contributed by atoms with E-state index in [1.807, 2.05) is 24.3 Å². The Balaban J connectivity index is 2.25. The van der Waals surface area contributed by atoms with Gasteiger partial charge in [-0.3, -0.25) is 0 Å². The van der Waals surface area contributed by atoms with Gasteiger partial charge in [-0.2, -0.15) is 0 Å². The number of halogens is 1. The molecule has 0 spiro atoms. The third kappa shape index (κ3) is 3.39. The second-order valence-corrected chi connectivity index (χ2v) is 7.67. The Labute approximate surface area is 130 Å². The third-order valence-corrected chi connectivity index (χ3v) is 6.63. The Morgan fingerprint density at radius 2 is 1.55 bits per heavy atom. The monoisotopic (exact) mass is 381 g/mol. The summed E-state index contributed by atoms with van der Waals surface area (Å²) in [6.07, 6.45) is 0. The Hall–Kier alpha value is -1.36. The molecular formula is C17H18IO2+. The number of hydrogen-bond donors (Lipinski definition) is 0. The highest BCUT2D eigenvalue weighted by atomic mass is 127. The van der Waals surface area contributed by atoms with E-state index in [1.165, 1.54) is 30.9 Å². The lowest BCUT2D eigenvalue weighted by Crippen LogP contribution is -3.62. The molecule has 0 radical (unpaired) electrons. The predicted molar refractivity (Wildman–Crippen MR) is 75.8 cm³/mol. The van der Waals surface area contributed by atoms with Gasteiger partial charge in [0, 0.05) is 11.1 Å². The lowest BCUT2D eigenvalue weighted by Gasteiger charge is -2.01. The van der Waals surface area contributed by atoms with Crippen molar-refractivity contribution in [1.82, 2.24) is 0 Å². The highest BCUT2D eigenvalue weighted by Gasteiger charge is 2.21. The molecule has 2 aromatic rings. The van der Waals surface area contributed by atoms with Gasteiger partial charge in [0.15, 0.2) is 7.14 Å². The van der Waals surface area contributed by atoms with Gasteiger partial charge in [-0.15, -0.1) is 0 Å². The average molecular weight is 381 g/mol. The minimum absolute atomic E-state index is 0.217. The first-order chi connectivity index (χ1) is 9.51. The number of ether oxygens (including phenoxy) is 1. The van der Waals surface area contributed by atoms with Crippen LogP contribution >= 0.6 is 0 Å². The molecule has 0 aromatic heterocycles. The third-order valence-electron chi connectivity index (χ3n) is 3.05. The number of benzene rings is 2. The predicted octanol–water partition coefficient (Wildman–Crippen LogP) is 0.527. The van der Waals surface area contributed by atoms with Crippen molar-refractivity contribution in [3.63, 3.8) is 0 Å². The van der Waals surface area contributed by atoms with E-state index >= 15 is 0 Å². The van der Waals surface area contributed by atoms with E-state index in [-0.39, 0.29) is 27.2 Å². The summed E-state index contributed by atoms with van der Waals surface area (Å²) in [7, 11) is 1.40. The van der Waals surface area contributed by atoms with Crippen molar-refractivity contribution >= 4 is 5.97 Å². The number of esters is 1. The van der Waals surface area contributed by atoms with Crippen LogP contribution in [0.5, 0.6) is 0 Å². The first kappa shape index (κ1) is 15.0. The van der Waals surface area contributed by atoms with Crippen molar-refractivity contribution < 1.29 is 30.7 Å². The van der Waals surface area contributed by atoms with E-state index in [9.17, 15) is 4.79 Å². The van der Waals surface area contributed by atoms with Gasteiger partial charge in [-0.05, 0) is 45.0 Å². The summed E-state index contributed by atoms with van der Waals surface area (Å²) >= 11 is -0.217. The highest BCUT2D eigenvalue weighted by Crippen LogP contribution is 2.07. The standard InChI is InChI=1S/C17H18IO2/c1-11-9-12(2)16(13(3)10-11)18-15-7-5-14(6-8-15)17(19)20-4/h5-10H,1-4H3/q+1. The van der Waals surface area contributed by atoms with Crippen LogP contribution in [-0.4, -0.2) is 13.1 Å². The number of methoxy groups -OCH3 is 1. The lowest BCUT2D eigenvalue weighted by atomic mass is 10.1. The van der Waals surface area contributed by atoms with Gasteiger partial charge in [-0.1, -0.05) is 17.7 Å². The van der Waals surface area contributed by atoms with Crippen LogP contribution in [-0.2, 0) is 4.74 Å². The van der Waals surface area contributed by atoms with Crippen molar-refractivity contribution in [3.8, 4) is 0 Å². The fraction of sp³-hybridized carbons (Fsp3) is 0.235. The fourth-order valence-corrected chi connectivity index (χ4v) is 4.69. The molecule has 0 unspecified atom stereocenters. The molecular weight excluding hydrogens is 363 g/mol. The quantitative estimate of drug-likeness (QED) is 0.573. The van der Waals surface area contributed by atoms with Crippen LogP contribution in [0.25, 0.3) is 0 Å². The number of carbonyl (C=O) groups is 1. The summed E-state index contributed by atoms with van der Waals surface area (Å²) in [5.74, 6) is -0.280. The molecule has 104 valence electrons. The van der Waals surface area contributed by atoms with Gasteiger partial charge in [0.2, 0.25) is 0 Å². The Kier molecular flexibility index (Phi) is 4.81. The van der Waals surface area contributed by atoms with E-state index in [4.69, 9.17) is 4.74 Å². The topological polar surface area (TPSA) is 26.3 Å². The highest BCUT2D eigenvalue weighted by molar-refractivity contribution is 5.89. The number of carbonyl (C=O) groups excluding carboxylic acids is 1. The van der Waals surface area contributed by atoms with Crippen LogP contribution < -0.4 is 21.2 Å². The van der Waals surface area contributed by atoms with Crippen molar-refractivity contribution in [2.75, 3.05) is 7.11 Å². The normalized spacial score (nSPS) is 10.4. The number of rotatable bonds is 3. The summed E-state index contributed by atoms with van der Waals surface area (Å²) < 4.78 is 7.50. The minimum atomic E-state index is -0.280. The second kappa shape index (κ2) is 6.39. The van der Waals surface area contributed by atoms with Crippen LogP contribution in [0.3, 0.4) is 0 Å². The van der Waals surface area contributed by atoms with Gasteiger partial charge in [0.05, 0.1) is 12.7 Å². The average Bonchev–Trinajstić information content (AvgIpc) is 2.42. The molecule has 0 atom stereocenters. The fourth-order valence-electron chi connectivity index (χ4n) is 2.19. The molecule has 0 aliphatic carbocycles. The van der Waals surface area contributed by atoms with Gasteiger partial charge >= 0.3 is 27.2 Å². The van der Waals surface area contributed by atoms with Crippen LogP contribution in [0.1, 0.15) is 27.0 Å². The smallest absolute Gasteiger partial charge is 0.358 e. The Morgan fingerprint density at radius 3 is 2.05 bits per heavy atom. The van der Waals surface area contributed by atoms with E-state index in [2.05, 4.69) is 32.9 Å². The molecule has 2 aromatic carbocycles. The first-order valence-electron chi connectivity index (χ1n) is 6.42. The van der Waals surface area contributed by atoms with Crippen molar-refractivity contribution in [2.45, 2.75) is 20.8 Å². The van der Waals surface area contributed by atoms with E-state index in [0.717, 1.165) is 0 Å². The molecule has 20 heavy (non-hydrogen) atoms. The van der Waals surface area contributed by atoms with Crippen molar-refractivity contribution in [2.24, 2.45) is 0 Å². The maximum absolute atomic E-state index is 11.4. The summed E-state index contributed by atoms with van der Waals surface area (Å²) in [6.45, 7) is 6.49. The molecule has 0 bridgehead atoms. The number of hydrogen-bond acceptors (Lipinski definition) is 2. The Morgan fingerprint density at radius 1 is 1.00 bits per heavy atom. The Bertz CT molecular complexity index is 607. The first-order valence-corrected chi connectivity index (χ1v) is 8.58. The second-order valence-electron chi connectivity index (χ2n) is 4.81. The molecule has 0 fully saturated rings. The molecule has 0 heterocycles. The van der Waals surface area contributed by atoms with Gasteiger partial charge < -0.3 is 4.74 Å². The van der Waals surface area contributed by atoms with Crippen LogP contribution in [0.2, 0.25) is 0 Å². The van der Waals surface area contributed by atoms with Crippen molar-refractivity contribution in [1.29, 1.82) is 0 Å². The van der Waals surface area contributed by atoms with Gasteiger partial charge in [0.1, 0.15) is 0 Å². The summed E-state index contributed by atoms with van der Waals surface area (Å²) in [5, 5.41) is 0. The lowest BCUT2D eigenvalue weighted by molar-refractivity contribution is -0.598. The molecule has 2 nitrogen and oxygen atoms in total. The van der Waals surface area contributed by atoms with Crippen molar-refractivity contribution in [3.05, 3.63) is 65.8 Å². The number of aryl methyl sites for hydroxylation is 3. The largest absolute Gasteiger partial charge is 0.465 e. The molecule has 0 amide bonds. The molecule has 0 N–H and O–H groups in total. The zero-order valence-corrected chi connectivity index (χ0v) is 14.3. The molecule has 0 aliphatic rings. The van der Waals surface area contributed by atoms with E-state index < -0.39 is 0 Å². The minimum Gasteiger partial charge on any atom is -0.465 e. The summed E-state index contributed by atoms with van der Waals surface area (Å²) in [5.41, 5.74) is 4.66. The van der Waals surface area contributed by atoms with Gasteiger partial charge in [-0.25, -0.2) is 4.79 Å². The molecule has 0 saturated carbocycles. The molecule has 0 aliphatic heterocycles. The molecule has 2 rings (SSSR count). The maximum atomic E-state index is 11.4. The van der Waals surface area contributed by atoms with Crippen LogP contribution in [0.4, 0.5) is 0 Å². The van der Waals surface area contributed by atoms with Crippen LogP contribution in [0, 0.1) is 27.9 Å². The molecule has 0 saturated heterocycles. The zero-order valence-electron chi connectivity index (χ0n) is 12.2. The summed E-state index contributed by atoms with van der Waals surface area (Å²) in [6, 6.07) is 12.3. The van der Waals surface area contributed by atoms with Crippen LogP contribution in [0.15, 0.2) is 36.4 Å². The molecule has 3 heteroatoms. The van der Waals surface area contributed by atoms with E-state index in [1.54, 1.807) is 0 Å². The summed E-state index contributed by atoms with van der Waals surface area (Å²) in [4.78, 5) is 11.4. The van der Waals surface area contributed by atoms with Gasteiger partial charge in [0.25, 0.3) is 0 Å².